The Labute approximate surface area is 96.6 Å². The van der Waals surface area contributed by atoms with Crippen molar-refractivity contribution < 1.29 is 9.53 Å². The van der Waals surface area contributed by atoms with Crippen LogP contribution in [0.4, 0.5) is 0 Å². The second kappa shape index (κ2) is 4.28. The van der Waals surface area contributed by atoms with Gasteiger partial charge in [0.25, 0.3) is 0 Å². The van der Waals surface area contributed by atoms with Gasteiger partial charge in [-0.3, -0.25) is 4.79 Å². The van der Waals surface area contributed by atoms with Crippen molar-refractivity contribution in [2.24, 2.45) is 0 Å². The standard InChI is InChI=1S/C14H18O2/c1-11-6-3-4-7-12(11)14(8-5-9-14)10-13(15)16-2/h3-4,6-7H,5,8-10H2,1-2H3. The molecule has 0 unspecified atom stereocenters. The van der Waals surface area contributed by atoms with Crippen LogP contribution in [-0.2, 0) is 14.9 Å². The molecule has 1 aromatic carbocycles. The molecular weight excluding hydrogens is 200 g/mol. The summed E-state index contributed by atoms with van der Waals surface area (Å²) in [7, 11) is 1.46. The first kappa shape index (κ1) is 11.2. The van der Waals surface area contributed by atoms with Crippen molar-refractivity contribution in [3.63, 3.8) is 0 Å². The molecule has 86 valence electrons. The van der Waals surface area contributed by atoms with E-state index < -0.39 is 0 Å². The highest BCUT2D eigenvalue weighted by Crippen LogP contribution is 2.47. The van der Waals surface area contributed by atoms with E-state index in [2.05, 4.69) is 25.1 Å². The number of carbonyl (C=O) groups excluding carboxylic acids is 1. The van der Waals surface area contributed by atoms with Crippen LogP contribution in [-0.4, -0.2) is 13.1 Å². The van der Waals surface area contributed by atoms with E-state index in [0.717, 1.165) is 12.8 Å². The molecule has 1 aliphatic carbocycles. The van der Waals surface area contributed by atoms with Crippen molar-refractivity contribution in [2.75, 3.05) is 7.11 Å². The topological polar surface area (TPSA) is 26.3 Å². The summed E-state index contributed by atoms with van der Waals surface area (Å²) in [6.07, 6.45) is 3.94. The van der Waals surface area contributed by atoms with Crippen molar-refractivity contribution in [1.29, 1.82) is 0 Å². The zero-order valence-electron chi connectivity index (χ0n) is 9.95. The van der Waals surface area contributed by atoms with E-state index in [9.17, 15) is 4.79 Å². The molecule has 2 heteroatoms. The Morgan fingerprint density at radius 3 is 2.56 bits per heavy atom. The van der Waals surface area contributed by atoms with Crippen molar-refractivity contribution >= 4 is 5.97 Å². The maximum Gasteiger partial charge on any atom is 0.306 e. The van der Waals surface area contributed by atoms with E-state index in [-0.39, 0.29) is 11.4 Å². The molecule has 0 aromatic heterocycles. The Balaban J connectivity index is 2.28. The van der Waals surface area contributed by atoms with E-state index in [4.69, 9.17) is 4.74 Å². The quantitative estimate of drug-likeness (QED) is 0.729. The highest BCUT2D eigenvalue weighted by Gasteiger charge is 2.41. The number of hydrogen-bond acceptors (Lipinski definition) is 2. The van der Waals surface area contributed by atoms with Crippen LogP contribution >= 0.6 is 0 Å². The summed E-state index contributed by atoms with van der Waals surface area (Å²) in [5.41, 5.74) is 2.66. The maximum absolute atomic E-state index is 11.5. The lowest BCUT2D eigenvalue weighted by Gasteiger charge is -2.42. The normalized spacial score (nSPS) is 17.6. The van der Waals surface area contributed by atoms with Crippen LogP contribution in [0, 0.1) is 6.92 Å². The molecule has 1 aliphatic rings. The van der Waals surface area contributed by atoms with Crippen LogP contribution in [0.3, 0.4) is 0 Å². The van der Waals surface area contributed by atoms with Crippen molar-refractivity contribution in [1.82, 2.24) is 0 Å². The predicted molar refractivity (Wildman–Crippen MR) is 63.3 cm³/mol. The monoisotopic (exact) mass is 218 g/mol. The second-order valence-corrected chi connectivity index (χ2v) is 4.70. The first-order valence-corrected chi connectivity index (χ1v) is 5.81. The third kappa shape index (κ3) is 1.84. The molecule has 1 fully saturated rings. The molecule has 2 rings (SSSR count). The summed E-state index contributed by atoms with van der Waals surface area (Å²) in [6.45, 7) is 2.12. The molecule has 0 heterocycles. The molecule has 0 aliphatic heterocycles. The molecule has 0 spiro atoms. The number of esters is 1. The third-order valence-electron chi connectivity index (χ3n) is 3.74. The molecule has 2 nitrogen and oxygen atoms in total. The Kier molecular flexibility index (Phi) is 2.99. The van der Waals surface area contributed by atoms with E-state index in [1.165, 1.54) is 24.7 Å². The van der Waals surface area contributed by atoms with E-state index in [0.29, 0.717) is 6.42 Å². The van der Waals surface area contributed by atoms with Crippen molar-refractivity contribution in [2.45, 2.75) is 38.0 Å². The maximum atomic E-state index is 11.5. The zero-order valence-corrected chi connectivity index (χ0v) is 9.95. The van der Waals surface area contributed by atoms with E-state index in [1.807, 2.05) is 6.07 Å². The van der Waals surface area contributed by atoms with E-state index >= 15 is 0 Å². The first-order valence-electron chi connectivity index (χ1n) is 5.81. The van der Waals surface area contributed by atoms with Gasteiger partial charge in [0.05, 0.1) is 13.5 Å². The van der Waals surface area contributed by atoms with Crippen molar-refractivity contribution in [3.8, 4) is 0 Å². The van der Waals surface area contributed by atoms with Crippen LogP contribution in [0.25, 0.3) is 0 Å². The van der Waals surface area contributed by atoms with Gasteiger partial charge in [-0.1, -0.05) is 30.7 Å². The van der Waals surface area contributed by atoms with Crippen LogP contribution in [0.1, 0.15) is 36.8 Å². The third-order valence-corrected chi connectivity index (χ3v) is 3.74. The smallest absolute Gasteiger partial charge is 0.306 e. The number of aryl methyl sites for hydroxylation is 1. The molecule has 0 radical (unpaired) electrons. The number of ether oxygens (including phenoxy) is 1. The van der Waals surface area contributed by atoms with E-state index in [1.54, 1.807) is 0 Å². The van der Waals surface area contributed by atoms with Crippen LogP contribution in [0.2, 0.25) is 0 Å². The fraction of sp³-hybridized carbons (Fsp3) is 0.500. The summed E-state index contributed by atoms with van der Waals surface area (Å²) in [5, 5.41) is 0. The van der Waals surface area contributed by atoms with Gasteiger partial charge < -0.3 is 4.74 Å². The molecule has 0 atom stereocenters. The average Bonchev–Trinajstić information content (AvgIpc) is 2.24. The minimum atomic E-state index is -0.0945. The summed E-state index contributed by atoms with van der Waals surface area (Å²) >= 11 is 0. The zero-order chi connectivity index (χ0) is 11.6. The average molecular weight is 218 g/mol. The lowest BCUT2D eigenvalue weighted by molar-refractivity contribution is -0.143. The molecular formula is C14H18O2. The van der Waals surface area contributed by atoms with Gasteiger partial charge in [0, 0.05) is 5.41 Å². The SMILES string of the molecule is COC(=O)CC1(c2ccccc2C)CCC1. The van der Waals surface area contributed by atoms with Crippen LogP contribution in [0.5, 0.6) is 0 Å². The van der Waals surface area contributed by atoms with Gasteiger partial charge in [0.15, 0.2) is 0 Å². The largest absolute Gasteiger partial charge is 0.469 e. The number of carbonyl (C=O) groups is 1. The van der Waals surface area contributed by atoms with Gasteiger partial charge in [-0.05, 0) is 30.9 Å². The predicted octanol–water partition coefficient (Wildman–Crippen LogP) is 2.98. The van der Waals surface area contributed by atoms with Crippen molar-refractivity contribution in [3.05, 3.63) is 35.4 Å². The van der Waals surface area contributed by atoms with Gasteiger partial charge in [-0.2, -0.15) is 0 Å². The minimum absolute atomic E-state index is 0.0540. The Morgan fingerprint density at radius 1 is 1.38 bits per heavy atom. The van der Waals surface area contributed by atoms with Gasteiger partial charge in [-0.15, -0.1) is 0 Å². The summed E-state index contributed by atoms with van der Waals surface area (Å²) in [6, 6.07) is 8.37. The van der Waals surface area contributed by atoms with Crippen LogP contribution < -0.4 is 0 Å². The second-order valence-electron chi connectivity index (χ2n) is 4.70. The highest BCUT2D eigenvalue weighted by atomic mass is 16.5. The molecule has 0 bridgehead atoms. The van der Waals surface area contributed by atoms with Gasteiger partial charge in [-0.25, -0.2) is 0 Å². The minimum Gasteiger partial charge on any atom is -0.469 e. The van der Waals surface area contributed by atoms with Gasteiger partial charge in [0.1, 0.15) is 0 Å². The number of methoxy groups -OCH3 is 1. The van der Waals surface area contributed by atoms with Crippen LogP contribution in [0.15, 0.2) is 24.3 Å². The summed E-state index contributed by atoms with van der Waals surface area (Å²) < 4.78 is 4.80. The first-order chi connectivity index (χ1) is 7.68. The highest BCUT2D eigenvalue weighted by molar-refractivity contribution is 5.71. The Hall–Kier alpha value is -1.31. The van der Waals surface area contributed by atoms with Gasteiger partial charge in [0.2, 0.25) is 0 Å². The molecule has 0 N–H and O–H groups in total. The molecule has 0 amide bonds. The molecule has 16 heavy (non-hydrogen) atoms. The summed E-state index contributed by atoms with van der Waals surface area (Å²) in [4.78, 5) is 11.5. The number of hydrogen-bond donors (Lipinski definition) is 0. The fourth-order valence-electron chi connectivity index (χ4n) is 2.66. The number of rotatable bonds is 3. The molecule has 1 aromatic rings. The number of benzene rings is 1. The fourth-order valence-corrected chi connectivity index (χ4v) is 2.66. The molecule has 1 saturated carbocycles. The van der Waals surface area contributed by atoms with Gasteiger partial charge >= 0.3 is 5.97 Å². The Bertz CT molecular complexity index is 391. The molecule has 0 saturated heterocycles. The lowest BCUT2D eigenvalue weighted by Crippen LogP contribution is -2.37. The lowest BCUT2D eigenvalue weighted by atomic mass is 9.61. The Morgan fingerprint density at radius 2 is 2.06 bits per heavy atom. The summed E-state index contributed by atoms with van der Waals surface area (Å²) in [5.74, 6) is -0.0945.